The Labute approximate surface area is 165 Å². The minimum Gasteiger partial charge on any atom is -1.00 e. The highest BCUT2D eigenvalue weighted by molar-refractivity contribution is 9.10. The Kier molecular flexibility index (Phi) is 12.9. The largest absolute Gasteiger partial charge is 1.00 e. The lowest BCUT2D eigenvalue weighted by molar-refractivity contribution is -0.001000. The van der Waals surface area contributed by atoms with Gasteiger partial charge in [-0.1, -0.05) is 15.9 Å². The third kappa shape index (κ3) is 7.33. The number of methoxy groups -OCH3 is 1. The van der Waals surface area contributed by atoms with E-state index in [1.165, 1.54) is 0 Å². The third-order valence-electron chi connectivity index (χ3n) is 3.63. The highest BCUT2D eigenvalue weighted by atomic mass is 79.9. The molecule has 0 bridgehead atoms. The van der Waals surface area contributed by atoms with Crippen LogP contribution in [-0.4, -0.2) is 58.0 Å². The summed E-state index contributed by atoms with van der Waals surface area (Å²) in [5, 5.41) is 3.49. The molecule has 140 valence electrons. The molecule has 0 aromatic heterocycles. The zero-order valence-corrected chi connectivity index (χ0v) is 17.2. The molecule has 0 radical (unpaired) electrons. The van der Waals surface area contributed by atoms with Crippen LogP contribution in [0, 0.1) is 0 Å². The highest BCUT2D eigenvalue weighted by Gasteiger charge is 2.13. The molecule has 0 amide bonds. The quantitative estimate of drug-likeness (QED) is 0.419. The number of hydrogen-bond donors (Lipinski definition) is 1. The molecule has 1 aromatic carbocycles. The highest BCUT2D eigenvalue weighted by Crippen LogP contribution is 2.34. The van der Waals surface area contributed by atoms with Gasteiger partial charge in [0.25, 0.3) is 0 Å². The van der Waals surface area contributed by atoms with E-state index in [9.17, 15) is 0 Å². The summed E-state index contributed by atoms with van der Waals surface area (Å²) in [4.78, 5) is 2.42. The van der Waals surface area contributed by atoms with E-state index in [-0.39, 0.29) is 24.8 Å². The van der Waals surface area contributed by atoms with Crippen molar-refractivity contribution in [2.45, 2.75) is 13.5 Å². The number of hydrogen-bond acceptors (Lipinski definition) is 5. The molecular weight excluding hydrogens is 419 g/mol. The first-order valence-electron chi connectivity index (χ1n) is 7.74. The van der Waals surface area contributed by atoms with E-state index in [2.05, 4.69) is 32.2 Å². The van der Waals surface area contributed by atoms with Crippen LogP contribution >= 0.6 is 15.9 Å². The molecule has 1 N–H and O–H groups in total. The van der Waals surface area contributed by atoms with Crippen molar-refractivity contribution in [3.63, 3.8) is 0 Å². The molecule has 0 atom stereocenters. The second-order valence-corrected chi connectivity index (χ2v) is 6.08. The monoisotopic (exact) mass is 442 g/mol. The molecule has 2 rings (SSSR count). The molecule has 24 heavy (non-hydrogen) atoms. The van der Waals surface area contributed by atoms with E-state index in [0.29, 0.717) is 6.61 Å². The fourth-order valence-electron chi connectivity index (χ4n) is 2.50. The number of nitrogens with one attached hydrogen (secondary N) is 1. The summed E-state index contributed by atoms with van der Waals surface area (Å²) in [6.45, 7) is 9.09. The first-order chi connectivity index (χ1) is 10.7. The van der Waals surface area contributed by atoms with Crippen molar-refractivity contribution in [3.8, 4) is 11.5 Å². The molecule has 0 spiro atoms. The topological polar surface area (TPSA) is 43.0 Å². The van der Waals surface area contributed by atoms with E-state index in [1.807, 2.05) is 13.0 Å². The van der Waals surface area contributed by atoms with Crippen LogP contribution in [0.25, 0.3) is 0 Å². The van der Waals surface area contributed by atoms with Gasteiger partial charge in [0.05, 0.1) is 26.9 Å². The van der Waals surface area contributed by atoms with Crippen molar-refractivity contribution in [2.75, 3.05) is 53.1 Å². The summed E-state index contributed by atoms with van der Waals surface area (Å²) in [6.07, 6.45) is 0. The van der Waals surface area contributed by atoms with Crippen molar-refractivity contribution in [2.24, 2.45) is 0 Å². The van der Waals surface area contributed by atoms with E-state index in [4.69, 9.17) is 14.2 Å². The smallest absolute Gasteiger partial charge is 0.165 e. The Morgan fingerprint density at radius 2 is 1.96 bits per heavy atom. The second-order valence-electron chi connectivity index (χ2n) is 5.16. The average Bonchev–Trinajstić information content (AvgIpc) is 2.54. The van der Waals surface area contributed by atoms with Crippen molar-refractivity contribution >= 4 is 15.9 Å². The Hall–Kier alpha value is -0.240. The molecule has 0 saturated carbocycles. The van der Waals surface area contributed by atoms with E-state index >= 15 is 0 Å². The Morgan fingerprint density at radius 3 is 2.58 bits per heavy atom. The molecule has 5 nitrogen and oxygen atoms in total. The Morgan fingerprint density at radius 1 is 1.25 bits per heavy atom. The summed E-state index contributed by atoms with van der Waals surface area (Å²) >= 11 is 3.53. The fourth-order valence-corrected chi connectivity index (χ4v) is 2.98. The lowest BCUT2D eigenvalue weighted by Gasteiger charge is -2.26. The lowest BCUT2D eigenvalue weighted by atomic mass is 10.2. The number of ether oxygens (including phenoxy) is 3. The van der Waals surface area contributed by atoms with E-state index in [1.54, 1.807) is 7.11 Å². The average molecular weight is 444 g/mol. The zero-order chi connectivity index (χ0) is 15.8. The number of morpholine rings is 1. The Bertz CT molecular complexity index is 475. The summed E-state index contributed by atoms with van der Waals surface area (Å²) in [7, 11) is 1.67. The van der Waals surface area contributed by atoms with Gasteiger partial charge in [0.15, 0.2) is 11.5 Å². The van der Waals surface area contributed by atoms with Gasteiger partial charge in [-0.15, -0.1) is 0 Å². The number of benzene rings is 1. The van der Waals surface area contributed by atoms with Crippen LogP contribution in [0.5, 0.6) is 11.5 Å². The second kappa shape index (κ2) is 13.0. The van der Waals surface area contributed by atoms with Gasteiger partial charge in [0, 0.05) is 42.8 Å². The molecule has 1 fully saturated rings. The van der Waals surface area contributed by atoms with Gasteiger partial charge in [0.1, 0.15) is 0 Å². The maximum absolute atomic E-state index is 5.75. The van der Waals surface area contributed by atoms with Crippen LogP contribution in [0.3, 0.4) is 0 Å². The summed E-state index contributed by atoms with van der Waals surface area (Å²) in [5.74, 6) is 1.59. The molecule has 0 unspecified atom stereocenters. The maximum Gasteiger partial charge on any atom is 0.165 e. The van der Waals surface area contributed by atoms with Gasteiger partial charge in [-0.2, -0.15) is 0 Å². The van der Waals surface area contributed by atoms with Crippen LogP contribution in [-0.2, 0) is 11.3 Å². The van der Waals surface area contributed by atoms with Crippen LogP contribution in [0.4, 0.5) is 0 Å². The molecule has 1 aliphatic heterocycles. The predicted octanol–water partition coefficient (Wildman–Crippen LogP) is -3.71. The van der Waals surface area contributed by atoms with Crippen molar-refractivity contribution in [3.05, 3.63) is 22.2 Å². The summed E-state index contributed by atoms with van der Waals surface area (Å²) in [6, 6.07) is 4.01. The van der Waals surface area contributed by atoms with Crippen LogP contribution in [0.2, 0.25) is 0 Å². The van der Waals surface area contributed by atoms with Crippen LogP contribution in [0.15, 0.2) is 16.6 Å². The van der Waals surface area contributed by atoms with Crippen LogP contribution in [0.1, 0.15) is 12.5 Å². The first kappa shape index (κ1) is 23.8. The van der Waals surface area contributed by atoms with E-state index in [0.717, 1.165) is 67.5 Å². The Balaban J connectivity index is 0.00000264. The minimum atomic E-state index is 0. The van der Waals surface area contributed by atoms with Gasteiger partial charge in [-0.05, 0) is 19.1 Å². The summed E-state index contributed by atoms with van der Waals surface area (Å²) < 4.78 is 17.5. The minimum absolute atomic E-state index is 0. The fraction of sp³-hybridized carbons (Fsp3) is 0.625. The van der Waals surface area contributed by atoms with Crippen molar-refractivity contribution < 1.29 is 39.0 Å². The standard InChI is InChI=1S/C16H25BrN2O3.2ClH/c1-3-22-16-13(10-14(17)11-15(16)20-2)12-18-4-5-19-6-8-21-9-7-19;;/h10-11,18H,3-9,12H2,1-2H3;2*1H/p-2. The van der Waals surface area contributed by atoms with Crippen molar-refractivity contribution in [1.82, 2.24) is 10.2 Å². The normalized spacial score (nSPS) is 14.5. The molecule has 0 aliphatic carbocycles. The van der Waals surface area contributed by atoms with Gasteiger partial charge in [-0.3, -0.25) is 4.90 Å². The molecule has 8 heteroatoms. The van der Waals surface area contributed by atoms with Crippen molar-refractivity contribution in [1.29, 1.82) is 0 Å². The molecule has 1 saturated heterocycles. The van der Waals surface area contributed by atoms with Crippen LogP contribution < -0.4 is 39.6 Å². The maximum atomic E-state index is 5.75. The number of rotatable bonds is 8. The van der Waals surface area contributed by atoms with Gasteiger partial charge in [0.2, 0.25) is 0 Å². The van der Waals surface area contributed by atoms with Gasteiger partial charge < -0.3 is 44.3 Å². The zero-order valence-electron chi connectivity index (χ0n) is 14.1. The third-order valence-corrected chi connectivity index (χ3v) is 4.09. The molecule has 1 aromatic rings. The van der Waals surface area contributed by atoms with Gasteiger partial charge >= 0.3 is 0 Å². The molecule has 1 aliphatic rings. The number of halogens is 3. The predicted molar refractivity (Wildman–Crippen MR) is 90.8 cm³/mol. The molecule has 1 heterocycles. The molecular formula is C16H25BrCl2N2O3-2. The van der Waals surface area contributed by atoms with E-state index < -0.39 is 0 Å². The SMILES string of the molecule is CCOc1c(CNCCN2CCOCC2)cc(Br)cc1OC.[Cl-].[Cl-]. The first-order valence-corrected chi connectivity index (χ1v) is 8.54. The summed E-state index contributed by atoms with van der Waals surface area (Å²) in [5.41, 5.74) is 1.11. The van der Waals surface area contributed by atoms with Gasteiger partial charge in [-0.25, -0.2) is 0 Å². The number of nitrogens with zero attached hydrogens (tertiary/aromatic N) is 1. The lowest BCUT2D eigenvalue weighted by Crippen LogP contribution is -3.00.